The number of carbonyl (C=O) groups excluding carboxylic acids is 2. The molecule has 0 aromatic heterocycles. The standard InChI is InChI=1S/C20H21NO3/c1-13-8-9-14(2)17(10-13)21-19(22)12-16(20(21)23)11-15-6-4-5-7-18(15)24-3/h4-10,16H,11-12H2,1-3H3/t16-/m1/s1. The second-order valence-electron chi connectivity index (χ2n) is 6.27. The third-order valence-corrected chi connectivity index (χ3v) is 4.50. The van der Waals surface area contributed by atoms with Crippen molar-refractivity contribution in [3.8, 4) is 5.75 Å². The van der Waals surface area contributed by atoms with Gasteiger partial charge in [0.1, 0.15) is 5.75 Å². The number of amides is 2. The number of methoxy groups -OCH3 is 1. The van der Waals surface area contributed by atoms with Gasteiger partial charge < -0.3 is 4.74 Å². The molecule has 0 aliphatic carbocycles. The summed E-state index contributed by atoms with van der Waals surface area (Å²) in [5.74, 6) is 0.157. The maximum atomic E-state index is 12.8. The first kappa shape index (κ1) is 16.2. The van der Waals surface area contributed by atoms with E-state index in [0.717, 1.165) is 22.4 Å². The SMILES string of the molecule is COc1ccccc1C[C@@H]1CC(=O)N(c2cc(C)ccc2C)C1=O. The summed E-state index contributed by atoms with van der Waals surface area (Å²) in [4.78, 5) is 26.7. The van der Waals surface area contributed by atoms with E-state index in [1.807, 2.05) is 56.3 Å². The highest BCUT2D eigenvalue weighted by Crippen LogP contribution is 2.33. The van der Waals surface area contributed by atoms with E-state index in [0.29, 0.717) is 12.1 Å². The smallest absolute Gasteiger partial charge is 0.237 e. The van der Waals surface area contributed by atoms with Gasteiger partial charge in [-0.1, -0.05) is 30.3 Å². The molecule has 0 radical (unpaired) electrons. The lowest BCUT2D eigenvalue weighted by atomic mass is 9.97. The van der Waals surface area contributed by atoms with Crippen molar-refractivity contribution in [1.29, 1.82) is 0 Å². The van der Waals surface area contributed by atoms with Gasteiger partial charge in [0.05, 0.1) is 18.7 Å². The molecule has 1 aliphatic heterocycles. The van der Waals surface area contributed by atoms with Crippen LogP contribution >= 0.6 is 0 Å². The van der Waals surface area contributed by atoms with Gasteiger partial charge in [-0.2, -0.15) is 0 Å². The molecule has 0 bridgehead atoms. The molecule has 1 saturated heterocycles. The Morgan fingerprint density at radius 3 is 2.62 bits per heavy atom. The second-order valence-corrected chi connectivity index (χ2v) is 6.27. The van der Waals surface area contributed by atoms with Gasteiger partial charge in [-0.3, -0.25) is 14.5 Å². The normalized spacial score (nSPS) is 17.5. The fourth-order valence-electron chi connectivity index (χ4n) is 3.20. The Bertz CT molecular complexity index is 797. The van der Waals surface area contributed by atoms with Crippen LogP contribution in [0.15, 0.2) is 42.5 Å². The highest BCUT2D eigenvalue weighted by molar-refractivity contribution is 6.21. The van der Waals surface area contributed by atoms with E-state index in [4.69, 9.17) is 4.74 Å². The third kappa shape index (κ3) is 2.92. The third-order valence-electron chi connectivity index (χ3n) is 4.50. The number of carbonyl (C=O) groups is 2. The van der Waals surface area contributed by atoms with Gasteiger partial charge in [-0.25, -0.2) is 0 Å². The predicted octanol–water partition coefficient (Wildman–Crippen LogP) is 3.43. The molecule has 1 atom stereocenters. The number of hydrogen-bond donors (Lipinski definition) is 0. The fourth-order valence-corrected chi connectivity index (χ4v) is 3.20. The lowest BCUT2D eigenvalue weighted by Crippen LogP contribution is -2.31. The molecule has 4 heteroatoms. The number of rotatable bonds is 4. The highest BCUT2D eigenvalue weighted by atomic mass is 16.5. The quantitative estimate of drug-likeness (QED) is 0.810. The Morgan fingerprint density at radius 2 is 1.88 bits per heavy atom. The van der Waals surface area contributed by atoms with Crippen molar-refractivity contribution in [2.45, 2.75) is 26.7 Å². The number of benzene rings is 2. The van der Waals surface area contributed by atoms with E-state index in [9.17, 15) is 9.59 Å². The van der Waals surface area contributed by atoms with Crippen LogP contribution in [-0.4, -0.2) is 18.9 Å². The van der Waals surface area contributed by atoms with E-state index in [2.05, 4.69) is 0 Å². The largest absolute Gasteiger partial charge is 0.496 e. The molecule has 1 heterocycles. The summed E-state index contributed by atoms with van der Waals surface area (Å²) in [6.07, 6.45) is 0.750. The van der Waals surface area contributed by atoms with Crippen LogP contribution in [0.4, 0.5) is 5.69 Å². The number of ether oxygens (including phenoxy) is 1. The number of imide groups is 1. The van der Waals surface area contributed by atoms with Crippen LogP contribution in [0.2, 0.25) is 0 Å². The Morgan fingerprint density at radius 1 is 1.12 bits per heavy atom. The first-order valence-corrected chi connectivity index (χ1v) is 8.07. The van der Waals surface area contributed by atoms with E-state index < -0.39 is 0 Å². The minimum Gasteiger partial charge on any atom is -0.496 e. The van der Waals surface area contributed by atoms with Crippen LogP contribution in [0.5, 0.6) is 5.75 Å². The van der Waals surface area contributed by atoms with Gasteiger partial charge >= 0.3 is 0 Å². The summed E-state index contributed by atoms with van der Waals surface area (Å²) in [7, 11) is 1.61. The first-order chi connectivity index (χ1) is 11.5. The number of anilines is 1. The molecule has 0 unspecified atom stereocenters. The van der Waals surface area contributed by atoms with Crippen molar-refractivity contribution < 1.29 is 14.3 Å². The lowest BCUT2D eigenvalue weighted by Gasteiger charge is -2.18. The van der Waals surface area contributed by atoms with Crippen molar-refractivity contribution in [3.05, 3.63) is 59.2 Å². The molecule has 2 aromatic carbocycles. The number of aryl methyl sites for hydroxylation is 2. The highest BCUT2D eigenvalue weighted by Gasteiger charge is 2.40. The van der Waals surface area contributed by atoms with Gasteiger partial charge in [0.15, 0.2) is 0 Å². The zero-order valence-electron chi connectivity index (χ0n) is 14.2. The molecule has 124 valence electrons. The average Bonchev–Trinajstić information content (AvgIpc) is 2.84. The van der Waals surface area contributed by atoms with Gasteiger partial charge in [0.2, 0.25) is 11.8 Å². The summed E-state index contributed by atoms with van der Waals surface area (Å²) < 4.78 is 5.35. The van der Waals surface area contributed by atoms with Crippen molar-refractivity contribution in [2.75, 3.05) is 12.0 Å². The number of hydrogen-bond acceptors (Lipinski definition) is 3. The Kier molecular flexibility index (Phi) is 4.38. The molecule has 24 heavy (non-hydrogen) atoms. The summed E-state index contributed by atoms with van der Waals surface area (Å²) in [6.45, 7) is 3.88. The molecular formula is C20H21NO3. The molecule has 0 saturated carbocycles. The van der Waals surface area contributed by atoms with Gasteiger partial charge in [-0.05, 0) is 49.1 Å². The molecule has 4 nitrogen and oxygen atoms in total. The molecule has 2 amide bonds. The zero-order valence-corrected chi connectivity index (χ0v) is 14.2. The van der Waals surface area contributed by atoms with Gasteiger partial charge in [0.25, 0.3) is 0 Å². The Hall–Kier alpha value is -2.62. The van der Waals surface area contributed by atoms with Crippen molar-refractivity contribution in [2.24, 2.45) is 5.92 Å². The van der Waals surface area contributed by atoms with Crippen LogP contribution in [0.1, 0.15) is 23.1 Å². The molecule has 1 fully saturated rings. The number of para-hydroxylation sites is 1. The zero-order chi connectivity index (χ0) is 17.3. The number of nitrogens with zero attached hydrogens (tertiary/aromatic N) is 1. The molecule has 0 N–H and O–H groups in total. The monoisotopic (exact) mass is 323 g/mol. The first-order valence-electron chi connectivity index (χ1n) is 8.07. The van der Waals surface area contributed by atoms with Crippen LogP contribution in [0.25, 0.3) is 0 Å². The minimum absolute atomic E-state index is 0.125. The summed E-state index contributed by atoms with van der Waals surface area (Å²) in [6, 6.07) is 13.5. The van der Waals surface area contributed by atoms with E-state index in [1.54, 1.807) is 7.11 Å². The topological polar surface area (TPSA) is 46.6 Å². The maximum absolute atomic E-state index is 12.8. The van der Waals surface area contributed by atoms with E-state index >= 15 is 0 Å². The molecule has 1 aliphatic rings. The summed E-state index contributed by atoms with van der Waals surface area (Å²) in [5.41, 5.74) is 3.62. The van der Waals surface area contributed by atoms with Crippen molar-refractivity contribution in [3.63, 3.8) is 0 Å². The van der Waals surface area contributed by atoms with Gasteiger partial charge in [-0.15, -0.1) is 0 Å². The lowest BCUT2D eigenvalue weighted by molar-refractivity contribution is -0.122. The molecule has 0 spiro atoms. The molecule has 3 rings (SSSR count). The van der Waals surface area contributed by atoms with Gasteiger partial charge in [0, 0.05) is 6.42 Å². The van der Waals surface area contributed by atoms with Crippen molar-refractivity contribution >= 4 is 17.5 Å². The Labute approximate surface area is 142 Å². The van der Waals surface area contributed by atoms with E-state index in [-0.39, 0.29) is 24.2 Å². The van der Waals surface area contributed by atoms with Crippen LogP contribution in [0, 0.1) is 19.8 Å². The molecule has 2 aromatic rings. The van der Waals surface area contributed by atoms with E-state index in [1.165, 1.54) is 4.90 Å². The molecular weight excluding hydrogens is 302 g/mol. The van der Waals surface area contributed by atoms with Crippen LogP contribution in [-0.2, 0) is 16.0 Å². The maximum Gasteiger partial charge on any atom is 0.237 e. The minimum atomic E-state index is -0.339. The predicted molar refractivity (Wildman–Crippen MR) is 93.2 cm³/mol. The summed E-state index contributed by atoms with van der Waals surface area (Å²) >= 11 is 0. The second kappa shape index (κ2) is 6.48. The fraction of sp³-hybridized carbons (Fsp3) is 0.300. The summed E-state index contributed by atoms with van der Waals surface area (Å²) in [5, 5.41) is 0. The van der Waals surface area contributed by atoms with Crippen LogP contribution < -0.4 is 9.64 Å². The Balaban J connectivity index is 1.88. The van der Waals surface area contributed by atoms with Crippen LogP contribution in [0.3, 0.4) is 0 Å². The van der Waals surface area contributed by atoms with Crippen molar-refractivity contribution in [1.82, 2.24) is 0 Å². The average molecular weight is 323 g/mol.